The van der Waals surface area contributed by atoms with Gasteiger partial charge in [0.2, 0.25) is 0 Å². The number of rotatable bonds is 6. The summed E-state index contributed by atoms with van der Waals surface area (Å²) in [5.74, 6) is -0.260. The van der Waals surface area contributed by atoms with Gasteiger partial charge in [-0.3, -0.25) is 4.90 Å². The molecule has 2 saturated heterocycles. The predicted octanol–water partition coefficient (Wildman–Crippen LogP) is 4.77. The molecule has 0 N–H and O–H groups in total. The van der Waals surface area contributed by atoms with E-state index < -0.39 is 0 Å². The molecular formula is C30H39N3O4. The van der Waals surface area contributed by atoms with Crippen LogP contribution in [0.5, 0.6) is 0 Å². The van der Waals surface area contributed by atoms with Gasteiger partial charge >= 0.3 is 5.97 Å². The zero-order valence-electron chi connectivity index (χ0n) is 22.5. The summed E-state index contributed by atoms with van der Waals surface area (Å²) in [5.41, 5.74) is 7.53. The van der Waals surface area contributed by atoms with E-state index in [4.69, 9.17) is 14.2 Å². The maximum atomic E-state index is 13.1. The molecule has 0 saturated carbocycles. The highest BCUT2D eigenvalue weighted by Gasteiger charge is 2.26. The van der Waals surface area contributed by atoms with Crippen molar-refractivity contribution < 1.29 is 19.0 Å². The fourth-order valence-electron chi connectivity index (χ4n) is 5.55. The summed E-state index contributed by atoms with van der Waals surface area (Å²) in [7, 11) is 0. The van der Waals surface area contributed by atoms with Gasteiger partial charge in [-0.25, -0.2) is 4.79 Å². The highest BCUT2D eigenvalue weighted by Crippen LogP contribution is 2.34. The molecule has 0 amide bonds. The fraction of sp³-hybridized carbons (Fsp3) is 0.500. The van der Waals surface area contributed by atoms with Crippen LogP contribution >= 0.6 is 0 Å². The normalized spacial score (nSPS) is 21.1. The van der Waals surface area contributed by atoms with Crippen molar-refractivity contribution in [2.75, 3.05) is 52.6 Å². The molecule has 2 aliphatic heterocycles. The number of fused-ring (bicyclic) bond motifs is 1. The van der Waals surface area contributed by atoms with Crippen LogP contribution < -0.4 is 0 Å². The van der Waals surface area contributed by atoms with E-state index in [1.165, 1.54) is 16.7 Å². The quantitative estimate of drug-likeness (QED) is 0.528. The average molecular weight is 506 g/mol. The van der Waals surface area contributed by atoms with Gasteiger partial charge in [0.05, 0.1) is 38.1 Å². The number of ether oxygens (including phenoxy) is 3. The van der Waals surface area contributed by atoms with Gasteiger partial charge in [0.1, 0.15) is 0 Å². The van der Waals surface area contributed by atoms with Crippen LogP contribution in [0.4, 0.5) is 0 Å². The van der Waals surface area contributed by atoms with Gasteiger partial charge in [-0.05, 0) is 68.5 Å². The number of hydrogen-bond acceptors (Lipinski definition) is 6. The van der Waals surface area contributed by atoms with Crippen molar-refractivity contribution in [2.45, 2.75) is 46.3 Å². The summed E-state index contributed by atoms with van der Waals surface area (Å²) in [4.78, 5) is 17.9. The molecular weight excluding hydrogens is 466 g/mol. The van der Waals surface area contributed by atoms with E-state index in [0.717, 1.165) is 75.8 Å². The molecule has 2 fully saturated rings. The highest BCUT2D eigenvalue weighted by atomic mass is 16.5. The second-order valence-electron chi connectivity index (χ2n) is 10.5. The lowest BCUT2D eigenvalue weighted by Crippen LogP contribution is -2.39. The van der Waals surface area contributed by atoms with Gasteiger partial charge in [-0.15, -0.1) is 0 Å². The largest absolute Gasteiger partial charge is 0.459 e. The zero-order chi connectivity index (χ0) is 25.9. The van der Waals surface area contributed by atoms with Crippen LogP contribution in [-0.4, -0.2) is 78.9 Å². The molecule has 2 aromatic heterocycles. The molecule has 0 radical (unpaired) electrons. The van der Waals surface area contributed by atoms with E-state index in [-0.39, 0.29) is 18.1 Å². The van der Waals surface area contributed by atoms with Gasteiger partial charge in [0.25, 0.3) is 0 Å². The third-order valence-corrected chi connectivity index (χ3v) is 7.51. The van der Waals surface area contributed by atoms with Crippen molar-refractivity contribution in [3.63, 3.8) is 0 Å². The van der Waals surface area contributed by atoms with Crippen molar-refractivity contribution >= 4 is 17.1 Å². The van der Waals surface area contributed by atoms with Crippen LogP contribution in [0.1, 0.15) is 60.4 Å². The van der Waals surface area contributed by atoms with E-state index in [2.05, 4.69) is 57.8 Å². The lowest BCUT2D eigenvalue weighted by Gasteiger charge is -2.34. The monoisotopic (exact) mass is 505 g/mol. The summed E-state index contributed by atoms with van der Waals surface area (Å²) >= 11 is 0. The van der Waals surface area contributed by atoms with Crippen molar-refractivity contribution in [1.82, 2.24) is 14.2 Å². The molecule has 2 aromatic rings. The Labute approximate surface area is 220 Å². The first-order valence-electron chi connectivity index (χ1n) is 13.5. The number of aromatic nitrogens is 1. The summed E-state index contributed by atoms with van der Waals surface area (Å²) in [6, 6.07) is 4.33. The molecule has 7 heteroatoms. The number of esters is 1. The smallest absolute Gasteiger partial charge is 0.338 e. The number of nitrogens with zero attached hydrogens (tertiary/aromatic N) is 3. The van der Waals surface area contributed by atoms with Gasteiger partial charge < -0.3 is 23.5 Å². The number of morpholine rings is 2. The number of carbonyl (C=O) groups is 1. The van der Waals surface area contributed by atoms with E-state index in [1.54, 1.807) is 0 Å². The summed E-state index contributed by atoms with van der Waals surface area (Å²) in [6.07, 6.45) is 11.8. The zero-order valence-corrected chi connectivity index (χ0v) is 22.5. The fourth-order valence-corrected chi connectivity index (χ4v) is 5.55. The van der Waals surface area contributed by atoms with Gasteiger partial charge in [-0.2, -0.15) is 0 Å². The van der Waals surface area contributed by atoms with E-state index in [0.29, 0.717) is 5.56 Å². The Morgan fingerprint density at radius 1 is 1.03 bits per heavy atom. The first-order valence-corrected chi connectivity index (χ1v) is 13.5. The molecule has 1 aliphatic carbocycles. The second kappa shape index (κ2) is 11.3. The Kier molecular flexibility index (Phi) is 7.84. The number of allylic oxidation sites excluding steroid dienone is 5. The van der Waals surface area contributed by atoms with E-state index >= 15 is 0 Å². The Morgan fingerprint density at radius 2 is 1.73 bits per heavy atom. The molecule has 0 bridgehead atoms. The first-order chi connectivity index (χ1) is 17.9. The maximum Gasteiger partial charge on any atom is 0.338 e. The molecule has 198 valence electrons. The Balaban J connectivity index is 1.52. The topological polar surface area (TPSA) is 55.6 Å². The molecule has 7 nitrogen and oxygen atoms in total. The van der Waals surface area contributed by atoms with Crippen molar-refractivity contribution in [1.29, 1.82) is 0 Å². The SMILES string of the molecule is Cc1c(C(=O)OC(C)C)cc2cc(C3=CC=CC(=CN4CCOCC4)C3)cn2c1C(C)N1CCOCC1. The summed E-state index contributed by atoms with van der Waals surface area (Å²) < 4.78 is 19.0. The van der Waals surface area contributed by atoms with Crippen molar-refractivity contribution in [3.8, 4) is 0 Å². The van der Waals surface area contributed by atoms with Crippen LogP contribution in [0, 0.1) is 6.92 Å². The minimum Gasteiger partial charge on any atom is -0.459 e. The molecule has 5 rings (SSSR count). The number of hydrogen-bond donors (Lipinski definition) is 0. The van der Waals surface area contributed by atoms with Crippen LogP contribution in [0.15, 0.2) is 48.3 Å². The molecule has 1 unspecified atom stereocenters. The number of pyridine rings is 1. The number of carbonyl (C=O) groups excluding carboxylic acids is 1. The third kappa shape index (κ3) is 5.69. The minimum absolute atomic E-state index is 0.135. The standard InChI is InChI=1S/C30H39N3O4/c1-21(2)37-30(34)28-18-27-17-26(25-7-5-6-24(16-25)19-31-8-12-35-13-9-31)20-33(27)29(22(28)3)23(4)32-10-14-36-15-11-32/h5-7,17-21,23H,8-16H2,1-4H3. The molecule has 0 aromatic carbocycles. The highest BCUT2D eigenvalue weighted by molar-refractivity contribution is 5.93. The van der Waals surface area contributed by atoms with Gasteiger partial charge in [-0.1, -0.05) is 18.2 Å². The van der Waals surface area contributed by atoms with E-state index in [1.807, 2.05) is 26.8 Å². The first kappa shape index (κ1) is 25.8. The van der Waals surface area contributed by atoms with Gasteiger partial charge in [0.15, 0.2) is 0 Å². The molecule has 1 atom stereocenters. The second-order valence-corrected chi connectivity index (χ2v) is 10.5. The minimum atomic E-state index is -0.260. The molecule has 4 heterocycles. The third-order valence-electron chi connectivity index (χ3n) is 7.51. The van der Waals surface area contributed by atoms with Crippen molar-refractivity contribution in [3.05, 3.63) is 70.7 Å². The Hall–Kier alpha value is -2.87. The average Bonchev–Trinajstić information content (AvgIpc) is 3.33. The van der Waals surface area contributed by atoms with Crippen LogP contribution in [0.2, 0.25) is 0 Å². The predicted molar refractivity (Wildman–Crippen MR) is 146 cm³/mol. The van der Waals surface area contributed by atoms with Crippen LogP contribution in [-0.2, 0) is 14.2 Å². The van der Waals surface area contributed by atoms with Gasteiger partial charge in [0, 0.05) is 55.8 Å². The molecule has 3 aliphatic rings. The summed E-state index contributed by atoms with van der Waals surface area (Å²) in [5, 5.41) is 0. The molecule has 0 spiro atoms. The maximum absolute atomic E-state index is 13.1. The lowest BCUT2D eigenvalue weighted by atomic mass is 9.96. The lowest BCUT2D eigenvalue weighted by molar-refractivity contribution is 0.0186. The van der Waals surface area contributed by atoms with Crippen molar-refractivity contribution in [2.24, 2.45) is 0 Å². The van der Waals surface area contributed by atoms with Crippen LogP contribution in [0.3, 0.4) is 0 Å². The van der Waals surface area contributed by atoms with Crippen LogP contribution in [0.25, 0.3) is 11.1 Å². The Morgan fingerprint density at radius 3 is 2.43 bits per heavy atom. The summed E-state index contributed by atoms with van der Waals surface area (Å²) in [6.45, 7) is 14.7. The molecule has 37 heavy (non-hydrogen) atoms. The van der Waals surface area contributed by atoms with E-state index in [9.17, 15) is 4.79 Å². The Bertz CT molecular complexity index is 1230.